The van der Waals surface area contributed by atoms with E-state index in [1.165, 1.54) is 0 Å². The van der Waals surface area contributed by atoms with Crippen LogP contribution in [0.1, 0.15) is 22.3 Å². The molecule has 0 fully saturated rings. The number of benzene rings is 1. The number of rotatable bonds is 5. The molecule has 1 heterocycles. The molecule has 0 spiro atoms. The van der Waals surface area contributed by atoms with E-state index in [-0.39, 0.29) is 18.2 Å². The van der Waals surface area contributed by atoms with Crippen molar-refractivity contribution in [2.24, 2.45) is 0 Å². The van der Waals surface area contributed by atoms with Gasteiger partial charge < -0.3 is 10.6 Å². The van der Waals surface area contributed by atoms with Gasteiger partial charge in [0.25, 0.3) is 5.91 Å². The van der Waals surface area contributed by atoms with Crippen molar-refractivity contribution in [1.29, 1.82) is 5.26 Å². The molecule has 2 rings (SSSR count). The van der Waals surface area contributed by atoms with Crippen molar-refractivity contribution in [3.63, 3.8) is 0 Å². The summed E-state index contributed by atoms with van der Waals surface area (Å²) >= 11 is 0. The molecule has 2 aromatic rings. The topological polar surface area (TPSA) is 94.9 Å². The summed E-state index contributed by atoms with van der Waals surface area (Å²) in [6.45, 7) is 0.346. The molecule has 1 aromatic heterocycles. The zero-order valence-electron chi connectivity index (χ0n) is 11.7. The maximum absolute atomic E-state index is 12.0. The molecule has 0 aliphatic carbocycles. The Hall–Kier alpha value is -3.20. The van der Waals surface area contributed by atoms with Gasteiger partial charge in [0.2, 0.25) is 5.91 Å². The van der Waals surface area contributed by atoms with Crippen LogP contribution in [0.5, 0.6) is 0 Å². The van der Waals surface area contributed by atoms with Gasteiger partial charge in [-0.2, -0.15) is 5.26 Å². The van der Waals surface area contributed by atoms with E-state index in [4.69, 9.17) is 5.26 Å². The minimum atomic E-state index is -0.308. The molecule has 6 heteroatoms. The summed E-state index contributed by atoms with van der Waals surface area (Å²) in [5.74, 6) is -0.518. The predicted octanol–water partition coefficient (Wildman–Crippen LogP) is 1.86. The highest BCUT2D eigenvalue weighted by Gasteiger charge is 2.05. The summed E-state index contributed by atoms with van der Waals surface area (Å²) in [7, 11) is 0. The zero-order valence-corrected chi connectivity index (χ0v) is 11.7. The Morgan fingerprint density at radius 1 is 1.09 bits per heavy atom. The van der Waals surface area contributed by atoms with Crippen LogP contribution < -0.4 is 10.6 Å². The number of anilines is 1. The van der Waals surface area contributed by atoms with Gasteiger partial charge in [0.05, 0.1) is 6.07 Å². The zero-order chi connectivity index (χ0) is 15.8. The molecule has 0 bridgehead atoms. The number of aromatic nitrogens is 1. The Kier molecular flexibility index (Phi) is 5.21. The Labute approximate surface area is 127 Å². The third kappa shape index (κ3) is 4.42. The van der Waals surface area contributed by atoms with Crippen LogP contribution in [0.4, 0.5) is 5.69 Å². The average Bonchev–Trinajstić information content (AvgIpc) is 2.55. The molecule has 1 aromatic carbocycles. The summed E-state index contributed by atoms with van der Waals surface area (Å²) in [5.41, 5.74) is 2.07. The third-order valence-electron chi connectivity index (χ3n) is 2.88. The normalized spacial score (nSPS) is 9.59. The standard InChI is InChI=1S/C16H14N4O2/c17-8-5-15(21)19-11-12-1-3-14(4-2-12)20-16(22)13-6-9-18-10-7-13/h1-4,6-7,9-10H,5,11H2,(H,19,21)(H,20,22). The highest BCUT2D eigenvalue weighted by Crippen LogP contribution is 2.11. The second-order valence-electron chi connectivity index (χ2n) is 4.50. The molecule has 2 amide bonds. The number of nitrogens with zero attached hydrogens (tertiary/aromatic N) is 2. The van der Waals surface area contributed by atoms with E-state index >= 15 is 0 Å². The lowest BCUT2D eigenvalue weighted by molar-refractivity contribution is -0.120. The lowest BCUT2D eigenvalue weighted by Crippen LogP contribution is -2.21. The van der Waals surface area contributed by atoms with Gasteiger partial charge in [-0.1, -0.05) is 12.1 Å². The van der Waals surface area contributed by atoms with E-state index in [1.54, 1.807) is 54.9 Å². The number of amides is 2. The van der Waals surface area contributed by atoms with Crippen LogP contribution >= 0.6 is 0 Å². The molecule has 0 unspecified atom stereocenters. The number of carbonyl (C=O) groups excluding carboxylic acids is 2. The first-order chi connectivity index (χ1) is 10.7. The maximum Gasteiger partial charge on any atom is 0.255 e. The molecular formula is C16H14N4O2. The fraction of sp³-hybridized carbons (Fsp3) is 0.125. The van der Waals surface area contributed by atoms with Crippen molar-refractivity contribution in [3.05, 3.63) is 59.9 Å². The SMILES string of the molecule is N#CCC(=O)NCc1ccc(NC(=O)c2ccncc2)cc1. The van der Waals surface area contributed by atoms with Crippen LogP contribution in [0.15, 0.2) is 48.8 Å². The van der Waals surface area contributed by atoms with Crippen LogP contribution in [0.2, 0.25) is 0 Å². The highest BCUT2D eigenvalue weighted by atomic mass is 16.2. The Bertz CT molecular complexity index is 690. The molecule has 0 atom stereocenters. The van der Waals surface area contributed by atoms with Gasteiger partial charge in [0.1, 0.15) is 6.42 Å². The number of nitriles is 1. The largest absolute Gasteiger partial charge is 0.351 e. The lowest BCUT2D eigenvalue weighted by Gasteiger charge is -2.07. The molecule has 0 saturated carbocycles. The van der Waals surface area contributed by atoms with E-state index in [2.05, 4.69) is 15.6 Å². The first-order valence-electron chi connectivity index (χ1n) is 6.63. The first-order valence-corrected chi connectivity index (χ1v) is 6.63. The van der Waals surface area contributed by atoms with Crippen LogP contribution in [-0.4, -0.2) is 16.8 Å². The minimum Gasteiger partial charge on any atom is -0.351 e. The fourth-order valence-electron chi connectivity index (χ4n) is 1.75. The van der Waals surface area contributed by atoms with E-state index in [0.717, 1.165) is 5.56 Å². The highest BCUT2D eigenvalue weighted by molar-refractivity contribution is 6.04. The quantitative estimate of drug-likeness (QED) is 0.880. The second-order valence-corrected chi connectivity index (χ2v) is 4.50. The summed E-state index contributed by atoms with van der Waals surface area (Å²) in [6.07, 6.45) is 2.96. The number of nitrogens with one attached hydrogen (secondary N) is 2. The first kappa shape index (κ1) is 15.2. The summed E-state index contributed by atoms with van der Waals surface area (Å²) in [6, 6.07) is 12.2. The van der Waals surface area contributed by atoms with E-state index in [0.29, 0.717) is 17.8 Å². The Balaban J connectivity index is 1.91. The molecule has 0 aliphatic heterocycles. The third-order valence-corrected chi connectivity index (χ3v) is 2.88. The molecule has 6 nitrogen and oxygen atoms in total. The van der Waals surface area contributed by atoms with E-state index in [9.17, 15) is 9.59 Å². The van der Waals surface area contributed by atoms with Crippen molar-refractivity contribution >= 4 is 17.5 Å². The van der Waals surface area contributed by atoms with Crippen molar-refractivity contribution in [1.82, 2.24) is 10.3 Å². The van der Waals surface area contributed by atoms with Crippen LogP contribution in [-0.2, 0) is 11.3 Å². The molecule has 110 valence electrons. The van der Waals surface area contributed by atoms with Gasteiger partial charge in [-0.15, -0.1) is 0 Å². The van der Waals surface area contributed by atoms with Gasteiger partial charge in [0, 0.05) is 30.2 Å². The van der Waals surface area contributed by atoms with Crippen LogP contribution in [0, 0.1) is 11.3 Å². The second kappa shape index (κ2) is 7.55. The van der Waals surface area contributed by atoms with E-state index in [1.807, 2.05) is 0 Å². The summed E-state index contributed by atoms with van der Waals surface area (Å²) < 4.78 is 0. The molecule has 22 heavy (non-hydrogen) atoms. The smallest absolute Gasteiger partial charge is 0.255 e. The minimum absolute atomic E-state index is 0.153. The van der Waals surface area contributed by atoms with Gasteiger partial charge in [-0.25, -0.2) is 0 Å². The van der Waals surface area contributed by atoms with E-state index < -0.39 is 0 Å². The number of pyridine rings is 1. The molecule has 0 saturated heterocycles. The van der Waals surface area contributed by atoms with Gasteiger partial charge >= 0.3 is 0 Å². The fourth-order valence-corrected chi connectivity index (χ4v) is 1.75. The van der Waals surface area contributed by atoms with Crippen molar-refractivity contribution in [3.8, 4) is 6.07 Å². The summed E-state index contributed by atoms with van der Waals surface area (Å²) in [5, 5.41) is 13.8. The Morgan fingerprint density at radius 2 is 1.77 bits per heavy atom. The van der Waals surface area contributed by atoms with Crippen molar-refractivity contribution in [2.75, 3.05) is 5.32 Å². The van der Waals surface area contributed by atoms with Crippen molar-refractivity contribution < 1.29 is 9.59 Å². The maximum atomic E-state index is 12.0. The monoisotopic (exact) mass is 294 g/mol. The Morgan fingerprint density at radius 3 is 2.41 bits per heavy atom. The van der Waals surface area contributed by atoms with Gasteiger partial charge in [0.15, 0.2) is 0 Å². The predicted molar refractivity (Wildman–Crippen MR) is 80.7 cm³/mol. The van der Waals surface area contributed by atoms with Gasteiger partial charge in [-0.3, -0.25) is 14.6 Å². The lowest BCUT2D eigenvalue weighted by atomic mass is 10.2. The number of hydrogen-bond acceptors (Lipinski definition) is 4. The molecular weight excluding hydrogens is 280 g/mol. The summed E-state index contributed by atoms with van der Waals surface area (Å²) in [4.78, 5) is 27.0. The van der Waals surface area contributed by atoms with Crippen LogP contribution in [0.3, 0.4) is 0 Å². The average molecular weight is 294 g/mol. The number of carbonyl (C=O) groups is 2. The molecule has 2 N–H and O–H groups in total. The van der Waals surface area contributed by atoms with Crippen LogP contribution in [0.25, 0.3) is 0 Å². The van der Waals surface area contributed by atoms with Gasteiger partial charge in [-0.05, 0) is 29.8 Å². The molecule has 0 aliphatic rings. The molecule has 0 radical (unpaired) electrons. The van der Waals surface area contributed by atoms with Crippen molar-refractivity contribution in [2.45, 2.75) is 13.0 Å². The number of hydrogen-bond donors (Lipinski definition) is 2.